The molecule has 0 heterocycles. The van der Waals surface area contributed by atoms with E-state index in [1.807, 2.05) is 6.92 Å². The van der Waals surface area contributed by atoms with Crippen LogP contribution in [0.25, 0.3) is 0 Å². The topological polar surface area (TPSA) is 0 Å². The summed E-state index contributed by atoms with van der Waals surface area (Å²) in [4.78, 5) is 0. The minimum absolute atomic E-state index is 0.236. The van der Waals surface area contributed by atoms with Gasteiger partial charge in [0.1, 0.15) is 11.6 Å². The van der Waals surface area contributed by atoms with Crippen LogP contribution in [0.5, 0.6) is 0 Å². The van der Waals surface area contributed by atoms with Crippen molar-refractivity contribution < 1.29 is 8.78 Å². The van der Waals surface area contributed by atoms with Gasteiger partial charge in [-0.05, 0) is 30.0 Å². The SMILES string of the molecule is CCCCC(C)c1cc(F)cc(F)c1. The Morgan fingerprint density at radius 3 is 2.21 bits per heavy atom. The van der Waals surface area contributed by atoms with Crippen molar-refractivity contribution in [1.82, 2.24) is 0 Å². The Kier molecular flexibility index (Phi) is 4.05. The van der Waals surface area contributed by atoms with E-state index >= 15 is 0 Å². The van der Waals surface area contributed by atoms with E-state index in [0.29, 0.717) is 0 Å². The van der Waals surface area contributed by atoms with Crippen molar-refractivity contribution >= 4 is 0 Å². The minimum atomic E-state index is -0.483. The molecule has 1 aromatic carbocycles. The Balaban J connectivity index is 2.73. The van der Waals surface area contributed by atoms with Gasteiger partial charge < -0.3 is 0 Å². The molecule has 78 valence electrons. The first-order valence-corrected chi connectivity index (χ1v) is 5.09. The first-order valence-electron chi connectivity index (χ1n) is 5.09. The zero-order valence-electron chi connectivity index (χ0n) is 8.69. The molecular weight excluding hydrogens is 182 g/mol. The molecule has 0 aliphatic heterocycles. The fraction of sp³-hybridized carbons (Fsp3) is 0.500. The number of hydrogen-bond acceptors (Lipinski definition) is 0. The second kappa shape index (κ2) is 5.08. The molecule has 1 rings (SSSR count). The van der Waals surface area contributed by atoms with Crippen molar-refractivity contribution in [3.8, 4) is 0 Å². The van der Waals surface area contributed by atoms with Gasteiger partial charge in [0.15, 0.2) is 0 Å². The second-order valence-corrected chi connectivity index (χ2v) is 3.75. The van der Waals surface area contributed by atoms with Crippen LogP contribution >= 0.6 is 0 Å². The quantitative estimate of drug-likeness (QED) is 0.678. The Labute approximate surface area is 84.0 Å². The summed E-state index contributed by atoms with van der Waals surface area (Å²) in [6.07, 6.45) is 3.20. The Hall–Kier alpha value is -0.920. The van der Waals surface area contributed by atoms with E-state index in [1.54, 1.807) is 0 Å². The third-order valence-corrected chi connectivity index (χ3v) is 2.44. The van der Waals surface area contributed by atoms with E-state index in [2.05, 4.69) is 6.92 Å². The highest BCUT2D eigenvalue weighted by molar-refractivity contribution is 5.21. The number of rotatable bonds is 4. The van der Waals surface area contributed by atoms with E-state index in [-0.39, 0.29) is 5.92 Å². The zero-order valence-corrected chi connectivity index (χ0v) is 8.69. The molecule has 0 N–H and O–H groups in total. The lowest BCUT2D eigenvalue weighted by atomic mass is 9.95. The van der Waals surface area contributed by atoms with E-state index in [9.17, 15) is 8.78 Å². The summed E-state index contributed by atoms with van der Waals surface area (Å²) in [6.45, 7) is 4.11. The maximum absolute atomic E-state index is 12.9. The molecule has 0 aliphatic rings. The van der Waals surface area contributed by atoms with Gasteiger partial charge in [-0.25, -0.2) is 8.78 Å². The summed E-state index contributed by atoms with van der Waals surface area (Å²) in [5, 5.41) is 0. The van der Waals surface area contributed by atoms with E-state index in [4.69, 9.17) is 0 Å². The van der Waals surface area contributed by atoms with Gasteiger partial charge in [0.2, 0.25) is 0 Å². The van der Waals surface area contributed by atoms with Crippen molar-refractivity contribution in [2.75, 3.05) is 0 Å². The second-order valence-electron chi connectivity index (χ2n) is 3.75. The predicted molar refractivity (Wildman–Crippen MR) is 54.3 cm³/mol. The molecule has 1 unspecified atom stereocenters. The molecule has 1 atom stereocenters. The summed E-state index contributed by atoms with van der Waals surface area (Å²) in [5.74, 6) is -0.730. The lowest BCUT2D eigenvalue weighted by Gasteiger charge is -2.11. The molecule has 0 fully saturated rings. The van der Waals surface area contributed by atoms with Crippen molar-refractivity contribution in [3.05, 3.63) is 35.4 Å². The van der Waals surface area contributed by atoms with E-state index in [1.165, 1.54) is 12.1 Å². The summed E-state index contributed by atoms with van der Waals surface area (Å²) >= 11 is 0. The van der Waals surface area contributed by atoms with Crippen LogP contribution in [-0.4, -0.2) is 0 Å². The fourth-order valence-corrected chi connectivity index (χ4v) is 1.54. The lowest BCUT2D eigenvalue weighted by Crippen LogP contribution is -1.95. The molecule has 0 saturated heterocycles. The van der Waals surface area contributed by atoms with Crippen molar-refractivity contribution in [3.63, 3.8) is 0 Å². The van der Waals surface area contributed by atoms with Crippen molar-refractivity contribution in [2.24, 2.45) is 0 Å². The first-order chi connectivity index (χ1) is 6.63. The highest BCUT2D eigenvalue weighted by Gasteiger charge is 2.07. The van der Waals surface area contributed by atoms with E-state index < -0.39 is 11.6 Å². The van der Waals surface area contributed by atoms with E-state index in [0.717, 1.165) is 30.9 Å². The molecule has 0 saturated carbocycles. The van der Waals surface area contributed by atoms with Crippen LogP contribution in [0.1, 0.15) is 44.6 Å². The largest absolute Gasteiger partial charge is 0.207 e. The van der Waals surface area contributed by atoms with Crippen LogP contribution < -0.4 is 0 Å². The normalized spacial score (nSPS) is 12.9. The van der Waals surface area contributed by atoms with Crippen LogP contribution in [0.4, 0.5) is 8.78 Å². The van der Waals surface area contributed by atoms with Gasteiger partial charge in [-0.3, -0.25) is 0 Å². The highest BCUT2D eigenvalue weighted by Crippen LogP contribution is 2.22. The molecule has 0 nitrogen and oxygen atoms in total. The monoisotopic (exact) mass is 198 g/mol. The molecule has 1 aromatic rings. The first kappa shape index (κ1) is 11.2. The van der Waals surface area contributed by atoms with Gasteiger partial charge >= 0.3 is 0 Å². The van der Waals surface area contributed by atoms with Crippen LogP contribution in [0.2, 0.25) is 0 Å². The molecule has 0 aromatic heterocycles. The number of unbranched alkanes of at least 4 members (excludes halogenated alkanes) is 1. The molecule has 0 bridgehead atoms. The van der Waals surface area contributed by atoms with Crippen molar-refractivity contribution in [1.29, 1.82) is 0 Å². The van der Waals surface area contributed by atoms with Crippen LogP contribution in [0.15, 0.2) is 18.2 Å². The number of hydrogen-bond donors (Lipinski definition) is 0. The summed E-state index contributed by atoms with van der Waals surface area (Å²) < 4.78 is 25.7. The molecule has 14 heavy (non-hydrogen) atoms. The Bertz CT molecular complexity index is 274. The van der Waals surface area contributed by atoms with Crippen LogP contribution in [-0.2, 0) is 0 Å². The molecular formula is C12H16F2. The average molecular weight is 198 g/mol. The molecule has 0 radical (unpaired) electrons. The maximum Gasteiger partial charge on any atom is 0.126 e. The molecule has 0 amide bonds. The third-order valence-electron chi connectivity index (χ3n) is 2.44. The van der Waals surface area contributed by atoms with Gasteiger partial charge in [-0.2, -0.15) is 0 Å². The molecule has 0 aliphatic carbocycles. The Morgan fingerprint density at radius 1 is 1.14 bits per heavy atom. The average Bonchev–Trinajstić information content (AvgIpc) is 2.12. The Morgan fingerprint density at radius 2 is 1.71 bits per heavy atom. The number of halogens is 2. The van der Waals surface area contributed by atoms with Gasteiger partial charge in [-0.15, -0.1) is 0 Å². The van der Waals surface area contributed by atoms with Gasteiger partial charge in [0.25, 0.3) is 0 Å². The van der Waals surface area contributed by atoms with Crippen LogP contribution in [0, 0.1) is 11.6 Å². The highest BCUT2D eigenvalue weighted by atomic mass is 19.1. The zero-order chi connectivity index (χ0) is 10.6. The maximum atomic E-state index is 12.9. The standard InChI is InChI=1S/C12H16F2/c1-3-4-5-9(2)10-6-11(13)8-12(14)7-10/h6-9H,3-5H2,1-2H3. The molecule has 0 spiro atoms. The summed E-state index contributed by atoms with van der Waals surface area (Å²) in [5.41, 5.74) is 0.760. The lowest BCUT2D eigenvalue weighted by molar-refractivity contribution is 0.565. The van der Waals surface area contributed by atoms with Crippen molar-refractivity contribution in [2.45, 2.75) is 39.0 Å². The fourth-order valence-electron chi connectivity index (χ4n) is 1.54. The van der Waals surface area contributed by atoms with Gasteiger partial charge in [0, 0.05) is 6.07 Å². The smallest absolute Gasteiger partial charge is 0.126 e. The van der Waals surface area contributed by atoms with Gasteiger partial charge in [0.05, 0.1) is 0 Å². The predicted octanol–water partition coefficient (Wildman–Crippen LogP) is 4.26. The third kappa shape index (κ3) is 3.09. The molecule has 2 heteroatoms. The number of benzene rings is 1. The minimum Gasteiger partial charge on any atom is -0.207 e. The summed E-state index contributed by atoms with van der Waals surface area (Å²) in [7, 11) is 0. The van der Waals surface area contributed by atoms with Gasteiger partial charge in [-0.1, -0.05) is 26.7 Å². The summed E-state index contributed by atoms with van der Waals surface area (Å²) in [6, 6.07) is 3.75. The van der Waals surface area contributed by atoms with Crippen LogP contribution in [0.3, 0.4) is 0 Å².